The molecular weight excluding hydrogens is 390 g/mol. The Bertz CT molecular complexity index is 1080. The maximum atomic E-state index is 15.1. The molecule has 1 unspecified atom stereocenters. The van der Waals surface area contributed by atoms with E-state index in [4.69, 9.17) is 9.47 Å². The van der Waals surface area contributed by atoms with Gasteiger partial charge in [-0.1, -0.05) is 26.0 Å². The van der Waals surface area contributed by atoms with Crippen molar-refractivity contribution in [3.05, 3.63) is 65.5 Å². The molecule has 0 radical (unpaired) electrons. The van der Waals surface area contributed by atoms with Crippen LogP contribution in [0.3, 0.4) is 0 Å². The van der Waals surface area contributed by atoms with E-state index < -0.39 is 23.0 Å². The molecular formula is C23H24F2N2O3. The standard InChI is InChI=1S/C23H24F2N2O3/c1-4-6-7-14(5-2)13-30-19-9-8-18(24)20(21(19)25)22(28)17-12-27-23-16(17)10-15(29-3)11-26-23/h6-12,14H,4-5,13H2,1-3H3,(H,26,27)/b7-6-. The van der Waals surface area contributed by atoms with Crippen molar-refractivity contribution in [3.8, 4) is 11.5 Å². The first-order valence-corrected chi connectivity index (χ1v) is 9.83. The monoisotopic (exact) mass is 414 g/mol. The summed E-state index contributed by atoms with van der Waals surface area (Å²) in [6.07, 6.45) is 8.61. The minimum absolute atomic E-state index is 0.0979. The number of rotatable bonds is 9. The van der Waals surface area contributed by atoms with Gasteiger partial charge in [-0.15, -0.1) is 0 Å². The quantitative estimate of drug-likeness (QED) is 0.373. The number of H-pyrrole nitrogens is 1. The number of carbonyl (C=O) groups excluding carboxylic acids is 1. The highest BCUT2D eigenvalue weighted by atomic mass is 19.1. The molecule has 0 fully saturated rings. The second-order valence-electron chi connectivity index (χ2n) is 6.85. The van der Waals surface area contributed by atoms with Crippen molar-refractivity contribution in [2.24, 2.45) is 5.92 Å². The topological polar surface area (TPSA) is 64.2 Å². The fourth-order valence-corrected chi connectivity index (χ4v) is 3.11. The Morgan fingerprint density at radius 1 is 1.30 bits per heavy atom. The van der Waals surface area contributed by atoms with Crippen LogP contribution in [-0.2, 0) is 0 Å². The predicted molar refractivity (Wildman–Crippen MR) is 111 cm³/mol. The summed E-state index contributed by atoms with van der Waals surface area (Å²) in [5.41, 5.74) is -0.141. The molecule has 1 aromatic carbocycles. The van der Waals surface area contributed by atoms with Gasteiger partial charge in [0.2, 0.25) is 5.78 Å². The molecule has 0 amide bonds. The average Bonchev–Trinajstić information content (AvgIpc) is 3.18. The summed E-state index contributed by atoms with van der Waals surface area (Å²) < 4.78 is 40.3. The summed E-state index contributed by atoms with van der Waals surface area (Å²) in [6.45, 7) is 4.26. The first-order valence-electron chi connectivity index (χ1n) is 9.83. The highest BCUT2D eigenvalue weighted by Gasteiger charge is 2.25. The van der Waals surface area contributed by atoms with Crippen LogP contribution in [0.2, 0.25) is 0 Å². The van der Waals surface area contributed by atoms with E-state index >= 15 is 4.39 Å². The van der Waals surface area contributed by atoms with Crippen molar-refractivity contribution in [3.63, 3.8) is 0 Å². The molecule has 0 aliphatic carbocycles. The third-order valence-corrected chi connectivity index (χ3v) is 4.89. The molecule has 3 aromatic rings. The van der Waals surface area contributed by atoms with Gasteiger partial charge >= 0.3 is 0 Å². The van der Waals surface area contributed by atoms with Crippen LogP contribution in [0.15, 0.2) is 42.7 Å². The third kappa shape index (κ3) is 4.35. The SMILES string of the molecule is CC/C=C\C(CC)COc1ccc(F)c(C(=O)c2c[nH]c3ncc(OC)cc23)c1F. The number of aromatic amines is 1. The molecule has 158 valence electrons. The normalized spacial score (nSPS) is 12.4. The van der Waals surface area contributed by atoms with Gasteiger partial charge in [-0.25, -0.2) is 13.8 Å². The van der Waals surface area contributed by atoms with E-state index in [0.717, 1.165) is 18.9 Å². The zero-order valence-corrected chi connectivity index (χ0v) is 17.2. The number of allylic oxidation sites excluding steroid dienone is 1. The fraction of sp³-hybridized carbons (Fsp3) is 0.304. The number of hydrogen-bond acceptors (Lipinski definition) is 4. The minimum atomic E-state index is -1.01. The number of fused-ring (bicyclic) bond motifs is 1. The van der Waals surface area contributed by atoms with Crippen LogP contribution in [0.1, 0.15) is 42.6 Å². The van der Waals surface area contributed by atoms with Crippen LogP contribution in [0.4, 0.5) is 8.78 Å². The second-order valence-corrected chi connectivity index (χ2v) is 6.85. The Morgan fingerprint density at radius 2 is 2.10 bits per heavy atom. The van der Waals surface area contributed by atoms with Gasteiger partial charge in [-0.2, -0.15) is 0 Å². The van der Waals surface area contributed by atoms with Gasteiger partial charge in [0.25, 0.3) is 0 Å². The summed E-state index contributed by atoms with van der Waals surface area (Å²) in [7, 11) is 1.47. The van der Waals surface area contributed by atoms with E-state index in [1.807, 2.05) is 26.0 Å². The van der Waals surface area contributed by atoms with Gasteiger partial charge in [0.15, 0.2) is 11.6 Å². The van der Waals surface area contributed by atoms with Gasteiger partial charge in [0.05, 0.1) is 25.5 Å². The maximum absolute atomic E-state index is 15.1. The Kier molecular flexibility index (Phi) is 6.82. The van der Waals surface area contributed by atoms with E-state index in [-0.39, 0.29) is 23.8 Å². The van der Waals surface area contributed by atoms with Crippen molar-refractivity contribution in [2.75, 3.05) is 13.7 Å². The number of pyridine rings is 1. The molecule has 0 saturated carbocycles. The number of nitrogens with one attached hydrogen (secondary N) is 1. The number of carbonyl (C=O) groups is 1. The number of benzene rings is 1. The van der Waals surface area contributed by atoms with E-state index in [1.165, 1.54) is 25.6 Å². The van der Waals surface area contributed by atoms with Crippen molar-refractivity contribution in [1.82, 2.24) is 9.97 Å². The molecule has 0 aliphatic rings. The van der Waals surface area contributed by atoms with Crippen molar-refractivity contribution in [2.45, 2.75) is 26.7 Å². The summed E-state index contributed by atoms with van der Waals surface area (Å²) in [4.78, 5) is 20.0. The average molecular weight is 414 g/mol. The number of aromatic nitrogens is 2. The van der Waals surface area contributed by atoms with Crippen LogP contribution >= 0.6 is 0 Å². The number of methoxy groups -OCH3 is 1. The molecule has 2 heterocycles. The van der Waals surface area contributed by atoms with Gasteiger partial charge in [0.1, 0.15) is 17.2 Å². The van der Waals surface area contributed by atoms with Crippen LogP contribution in [0.25, 0.3) is 11.0 Å². The lowest BCUT2D eigenvalue weighted by Crippen LogP contribution is -2.13. The minimum Gasteiger partial charge on any atom is -0.495 e. The van der Waals surface area contributed by atoms with Crippen molar-refractivity contribution < 1.29 is 23.0 Å². The fourth-order valence-electron chi connectivity index (χ4n) is 3.11. The highest BCUT2D eigenvalue weighted by molar-refractivity contribution is 6.16. The van der Waals surface area contributed by atoms with Crippen LogP contribution in [-0.4, -0.2) is 29.5 Å². The van der Waals surface area contributed by atoms with E-state index in [2.05, 4.69) is 9.97 Å². The largest absolute Gasteiger partial charge is 0.495 e. The van der Waals surface area contributed by atoms with Gasteiger partial charge in [0, 0.05) is 23.1 Å². The third-order valence-electron chi connectivity index (χ3n) is 4.89. The lowest BCUT2D eigenvalue weighted by atomic mass is 10.0. The smallest absolute Gasteiger partial charge is 0.201 e. The van der Waals surface area contributed by atoms with E-state index in [1.54, 1.807) is 6.07 Å². The van der Waals surface area contributed by atoms with Gasteiger partial charge in [-0.05, 0) is 31.0 Å². The van der Waals surface area contributed by atoms with Gasteiger partial charge in [-0.3, -0.25) is 4.79 Å². The Hall–Kier alpha value is -3.22. The first-order chi connectivity index (χ1) is 14.5. The van der Waals surface area contributed by atoms with Crippen molar-refractivity contribution in [1.29, 1.82) is 0 Å². The number of ketones is 1. The highest BCUT2D eigenvalue weighted by Crippen LogP contribution is 2.29. The molecule has 5 nitrogen and oxygen atoms in total. The van der Waals surface area contributed by atoms with Gasteiger partial charge < -0.3 is 14.5 Å². The van der Waals surface area contributed by atoms with Crippen LogP contribution < -0.4 is 9.47 Å². The zero-order valence-electron chi connectivity index (χ0n) is 17.2. The lowest BCUT2D eigenvalue weighted by Gasteiger charge is -2.14. The van der Waals surface area contributed by atoms with Crippen molar-refractivity contribution >= 4 is 16.8 Å². The number of halogens is 2. The summed E-state index contributed by atoms with van der Waals surface area (Å²) in [5, 5.41) is 0.417. The van der Waals surface area contributed by atoms with E-state index in [9.17, 15) is 9.18 Å². The maximum Gasteiger partial charge on any atom is 0.201 e. The van der Waals surface area contributed by atoms with E-state index in [0.29, 0.717) is 16.8 Å². The molecule has 3 rings (SSSR count). The second kappa shape index (κ2) is 9.52. The van der Waals surface area contributed by atoms with Crippen LogP contribution in [0.5, 0.6) is 11.5 Å². The Labute approximate surface area is 173 Å². The molecule has 2 aromatic heterocycles. The number of nitrogens with zero attached hydrogens (tertiary/aromatic N) is 1. The molecule has 0 bridgehead atoms. The summed E-state index contributed by atoms with van der Waals surface area (Å²) in [5.74, 6) is -2.39. The number of ether oxygens (including phenoxy) is 2. The molecule has 0 saturated heterocycles. The van der Waals surface area contributed by atoms with Crippen LogP contribution in [0, 0.1) is 17.6 Å². The lowest BCUT2D eigenvalue weighted by molar-refractivity contribution is 0.103. The molecule has 30 heavy (non-hydrogen) atoms. The molecule has 0 aliphatic heterocycles. The molecule has 7 heteroatoms. The first kappa shape index (κ1) is 21.5. The molecule has 0 spiro atoms. The molecule has 1 atom stereocenters. The predicted octanol–water partition coefficient (Wildman–Crippen LogP) is 5.45. The summed E-state index contributed by atoms with van der Waals surface area (Å²) in [6, 6.07) is 3.84. The Morgan fingerprint density at radius 3 is 2.80 bits per heavy atom. The number of hydrogen-bond donors (Lipinski definition) is 1. The Balaban J connectivity index is 1.93. The zero-order chi connectivity index (χ0) is 21.7. The molecule has 1 N–H and O–H groups in total. The summed E-state index contributed by atoms with van der Waals surface area (Å²) >= 11 is 0.